The van der Waals surface area contributed by atoms with Crippen molar-refractivity contribution < 1.29 is 27.8 Å². The van der Waals surface area contributed by atoms with E-state index < -0.39 is 22.2 Å². The van der Waals surface area contributed by atoms with Gasteiger partial charge in [-0.25, -0.2) is 8.42 Å². The standard InChI is InChI=1S/C23H34N2O6S/c1-16(2)7-8-19-9-10-22-20(11-19)31-21(13-24(5)23(27)15-30-6)17(3)12-25(18(4)14-26)32(22,28)29/h9-11,16-18,21,26H,12-15H2,1-6H3/t17-,18-,21+/m0/s1. The third kappa shape index (κ3) is 6.23. The lowest BCUT2D eigenvalue weighted by Gasteiger charge is -2.37. The highest BCUT2D eigenvalue weighted by atomic mass is 32.2. The molecule has 1 amide bonds. The summed E-state index contributed by atoms with van der Waals surface area (Å²) in [6.45, 7) is 7.53. The number of amides is 1. The van der Waals surface area contributed by atoms with Gasteiger partial charge in [0.2, 0.25) is 15.9 Å². The highest BCUT2D eigenvalue weighted by Crippen LogP contribution is 2.34. The van der Waals surface area contributed by atoms with Gasteiger partial charge in [-0.15, -0.1) is 0 Å². The van der Waals surface area contributed by atoms with E-state index in [1.165, 1.54) is 22.4 Å². The highest BCUT2D eigenvalue weighted by molar-refractivity contribution is 7.89. The molecule has 0 saturated heterocycles. The molecule has 1 aliphatic rings. The molecule has 0 radical (unpaired) electrons. The van der Waals surface area contributed by atoms with Gasteiger partial charge in [0.05, 0.1) is 13.2 Å². The van der Waals surface area contributed by atoms with Crippen LogP contribution in [0, 0.1) is 23.7 Å². The van der Waals surface area contributed by atoms with Gasteiger partial charge in [-0.05, 0) is 25.1 Å². The third-order valence-corrected chi connectivity index (χ3v) is 7.34. The summed E-state index contributed by atoms with van der Waals surface area (Å²) in [6, 6.07) is 4.18. The summed E-state index contributed by atoms with van der Waals surface area (Å²) < 4.78 is 39.3. The largest absolute Gasteiger partial charge is 0.487 e. The number of nitrogens with zero attached hydrogens (tertiary/aromatic N) is 2. The number of carbonyl (C=O) groups excluding carboxylic acids is 1. The van der Waals surface area contributed by atoms with Crippen molar-refractivity contribution in [3.8, 4) is 17.6 Å². The van der Waals surface area contributed by atoms with Gasteiger partial charge in [-0.2, -0.15) is 4.31 Å². The van der Waals surface area contributed by atoms with Crippen LogP contribution in [0.4, 0.5) is 0 Å². The van der Waals surface area contributed by atoms with Crippen LogP contribution in [-0.4, -0.2) is 81.2 Å². The Hall–Kier alpha value is -2.12. The fourth-order valence-corrected chi connectivity index (χ4v) is 5.18. The lowest BCUT2D eigenvalue weighted by Crippen LogP contribution is -2.50. The van der Waals surface area contributed by atoms with Crippen LogP contribution in [0.25, 0.3) is 0 Å². The van der Waals surface area contributed by atoms with Gasteiger partial charge in [-0.3, -0.25) is 4.79 Å². The minimum atomic E-state index is -3.91. The summed E-state index contributed by atoms with van der Waals surface area (Å²) in [7, 11) is -0.799. The lowest BCUT2D eigenvalue weighted by molar-refractivity contribution is -0.135. The number of aliphatic hydroxyl groups excluding tert-OH is 1. The maximum Gasteiger partial charge on any atom is 0.248 e. The van der Waals surface area contributed by atoms with Crippen molar-refractivity contribution in [1.29, 1.82) is 0 Å². The van der Waals surface area contributed by atoms with Crippen molar-refractivity contribution in [2.75, 3.05) is 40.5 Å². The number of sulfonamides is 1. The molecule has 9 heteroatoms. The molecule has 178 valence electrons. The number of fused-ring (bicyclic) bond motifs is 1. The minimum absolute atomic E-state index is 0.0238. The average molecular weight is 467 g/mol. The van der Waals surface area contributed by atoms with E-state index in [2.05, 4.69) is 11.8 Å². The molecular formula is C23H34N2O6S. The summed E-state index contributed by atoms with van der Waals surface area (Å²) in [5, 5.41) is 9.70. The number of ether oxygens (including phenoxy) is 2. The topological polar surface area (TPSA) is 96.4 Å². The second kappa shape index (κ2) is 11.1. The number of carbonyl (C=O) groups is 1. The average Bonchev–Trinajstić information content (AvgIpc) is 2.74. The van der Waals surface area contributed by atoms with Crippen LogP contribution >= 0.6 is 0 Å². The first-order chi connectivity index (χ1) is 15.0. The van der Waals surface area contributed by atoms with Gasteiger partial charge >= 0.3 is 0 Å². The number of rotatable bonds is 6. The van der Waals surface area contributed by atoms with Gasteiger partial charge < -0.3 is 19.5 Å². The Bertz CT molecular complexity index is 966. The van der Waals surface area contributed by atoms with E-state index in [0.29, 0.717) is 5.56 Å². The highest BCUT2D eigenvalue weighted by Gasteiger charge is 2.38. The zero-order valence-electron chi connectivity index (χ0n) is 19.7. The van der Waals surface area contributed by atoms with Crippen molar-refractivity contribution in [3.63, 3.8) is 0 Å². The van der Waals surface area contributed by atoms with Crippen molar-refractivity contribution in [2.45, 2.75) is 44.7 Å². The number of methoxy groups -OCH3 is 1. The summed E-state index contributed by atoms with van der Waals surface area (Å²) in [4.78, 5) is 13.8. The Morgan fingerprint density at radius 2 is 2.06 bits per heavy atom. The number of likely N-dealkylation sites (N-methyl/N-ethyl adjacent to an activating group) is 1. The lowest BCUT2D eigenvalue weighted by atomic mass is 10.0. The molecule has 1 aromatic rings. The fraction of sp³-hybridized carbons (Fsp3) is 0.609. The van der Waals surface area contributed by atoms with Crippen LogP contribution in [0.3, 0.4) is 0 Å². The molecule has 0 aromatic heterocycles. The Kier molecular flexibility index (Phi) is 9.10. The van der Waals surface area contributed by atoms with Gasteiger partial charge in [0.15, 0.2) is 0 Å². The van der Waals surface area contributed by atoms with Crippen LogP contribution in [0.2, 0.25) is 0 Å². The van der Waals surface area contributed by atoms with Crippen molar-refractivity contribution in [1.82, 2.24) is 9.21 Å². The molecule has 0 bridgehead atoms. The van der Waals surface area contributed by atoms with Gasteiger partial charge in [0.25, 0.3) is 0 Å². The molecule has 3 atom stereocenters. The second-order valence-corrected chi connectivity index (χ2v) is 10.4. The third-order valence-electron chi connectivity index (χ3n) is 5.32. The Labute approximate surface area is 191 Å². The van der Waals surface area contributed by atoms with Crippen LogP contribution in [-0.2, 0) is 19.6 Å². The van der Waals surface area contributed by atoms with Crippen molar-refractivity contribution in [2.24, 2.45) is 11.8 Å². The van der Waals surface area contributed by atoms with E-state index in [1.807, 2.05) is 20.8 Å². The summed E-state index contributed by atoms with van der Waals surface area (Å²) >= 11 is 0. The summed E-state index contributed by atoms with van der Waals surface area (Å²) in [5.41, 5.74) is 0.644. The van der Waals surface area contributed by atoms with Crippen LogP contribution in [0.15, 0.2) is 23.1 Å². The zero-order valence-corrected chi connectivity index (χ0v) is 20.5. The minimum Gasteiger partial charge on any atom is -0.487 e. The molecular weight excluding hydrogens is 432 g/mol. The monoisotopic (exact) mass is 466 g/mol. The quantitative estimate of drug-likeness (QED) is 0.640. The summed E-state index contributed by atoms with van der Waals surface area (Å²) in [6.07, 6.45) is -0.475. The van der Waals surface area contributed by atoms with E-state index in [-0.39, 0.29) is 54.7 Å². The van der Waals surface area contributed by atoms with Gasteiger partial charge in [-0.1, -0.05) is 32.6 Å². The smallest absolute Gasteiger partial charge is 0.248 e. The molecule has 32 heavy (non-hydrogen) atoms. The van der Waals surface area contributed by atoms with Crippen LogP contribution in [0.1, 0.15) is 33.3 Å². The predicted molar refractivity (Wildman–Crippen MR) is 122 cm³/mol. The van der Waals surface area contributed by atoms with Crippen LogP contribution < -0.4 is 4.74 Å². The first kappa shape index (κ1) is 26.1. The number of hydrogen-bond donors (Lipinski definition) is 1. The molecule has 1 aromatic carbocycles. The number of hydrogen-bond acceptors (Lipinski definition) is 6. The Balaban J connectivity index is 2.55. The molecule has 2 rings (SSSR count). The first-order valence-corrected chi connectivity index (χ1v) is 12.1. The zero-order chi connectivity index (χ0) is 24.1. The second-order valence-electron chi connectivity index (χ2n) is 8.53. The fourth-order valence-electron chi connectivity index (χ4n) is 3.35. The molecule has 0 aliphatic carbocycles. The SMILES string of the molecule is COCC(=O)N(C)C[C@H]1Oc2cc(C#CC(C)C)ccc2S(=O)(=O)N([C@@H](C)CO)C[C@@H]1C. The molecule has 1 N–H and O–H groups in total. The van der Waals surface area contributed by atoms with Crippen LogP contribution in [0.5, 0.6) is 5.75 Å². The molecule has 0 fully saturated rings. The van der Waals surface area contributed by atoms with Gasteiger partial charge in [0.1, 0.15) is 23.4 Å². The number of benzene rings is 1. The predicted octanol–water partition coefficient (Wildman–Crippen LogP) is 1.57. The van der Waals surface area contributed by atoms with Gasteiger partial charge in [0, 0.05) is 44.1 Å². The maximum atomic E-state index is 13.4. The van der Waals surface area contributed by atoms with Crippen molar-refractivity contribution >= 4 is 15.9 Å². The van der Waals surface area contributed by atoms with E-state index in [9.17, 15) is 18.3 Å². The molecule has 0 saturated carbocycles. The molecule has 0 unspecified atom stereocenters. The summed E-state index contributed by atoms with van der Waals surface area (Å²) in [5.74, 6) is 6.02. The van der Waals surface area contributed by atoms with Crippen molar-refractivity contribution in [3.05, 3.63) is 23.8 Å². The van der Waals surface area contributed by atoms with E-state index in [0.717, 1.165) is 0 Å². The molecule has 0 spiro atoms. The first-order valence-electron chi connectivity index (χ1n) is 10.7. The maximum absolute atomic E-state index is 13.4. The Morgan fingerprint density at radius 3 is 2.66 bits per heavy atom. The van der Waals surface area contributed by atoms with E-state index >= 15 is 0 Å². The number of aliphatic hydroxyl groups is 1. The molecule has 8 nitrogen and oxygen atoms in total. The van der Waals surface area contributed by atoms with E-state index in [4.69, 9.17) is 9.47 Å². The molecule has 1 aliphatic heterocycles. The van der Waals surface area contributed by atoms with E-state index in [1.54, 1.807) is 26.1 Å². The molecule has 1 heterocycles. The normalized spacial score (nSPS) is 21.4. The Morgan fingerprint density at radius 1 is 1.38 bits per heavy atom.